The van der Waals surface area contributed by atoms with Gasteiger partial charge in [-0.25, -0.2) is 13.2 Å². The number of aryl methyl sites for hydroxylation is 1. The number of carbonyl (C=O) groups excluding carboxylic acids is 1. The van der Waals surface area contributed by atoms with E-state index < -0.39 is 10.0 Å². The van der Waals surface area contributed by atoms with E-state index in [1.807, 2.05) is 86.6 Å². The lowest BCUT2D eigenvalue weighted by Crippen LogP contribution is -2.50. The van der Waals surface area contributed by atoms with Crippen molar-refractivity contribution in [2.75, 3.05) is 63.6 Å². The molecule has 0 unspecified atom stereocenters. The number of piperazine rings is 1. The molecule has 0 radical (unpaired) electrons. The number of aromatic nitrogens is 1. The number of benzene rings is 3. The van der Waals surface area contributed by atoms with Gasteiger partial charge in [-0.1, -0.05) is 42.5 Å². The van der Waals surface area contributed by atoms with Crippen LogP contribution in [0.2, 0.25) is 0 Å². The molecule has 10 heteroatoms. The third-order valence-electron chi connectivity index (χ3n) is 7.10. The summed E-state index contributed by atoms with van der Waals surface area (Å²) in [6, 6.07) is 20.5. The normalized spacial score (nSPS) is 14.9. The highest BCUT2D eigenvalue weighted by Crippen LogP contribution is 2.32. The Hall–Kier alpha value is -3.73. The highest BCUT2D eigenvalue weighted by molar-refractivity contribution is 7.89. The van der Waals surface area contributed by atoms with Gasteiger partial charge in [-0.05, 0) is 31.2 Å². The lowest BCUT2D eigenvalue weighted by molar-refractivity contribution is 0.189. The van der Waals surface area contributed by atoms with Crippen molar-refractivity contribution in [2.24, 2.45) is 0 Å². The van der Waals surface area contributed by atoms with Gasteiger partial charge in [0.1, 0.15) is 0 Å². The van der Waals surface area contributed by atoms with Crippen LogP contribution < -0.4 is 15.5 Å². The summed E-state index contributed by atoms with van der Waals surface area (Å²) in [4.78, 5) is 21.6. The summed E-state index contributed by atoms with van der Waals surface area (Å²) >= 11 is 0. The fraction of sp³-hybridized carbons (Fsp3) is 0.310. The molecule has 0 atom stereocenters. The Labute approximate surface area is 229 Å². The first-order valence-electron chi connectivity index (χ1n) is 13.1. The number of urea groups is 1. The van der Waals surface area contributed by atoms with Crippen molar-refractivity contribution in [1.29, 1.82) is 0 Å². The highest BCUT2D eigenvalue weighted by Gasteiger charge is 2.30. The number of rotatable bonds is 7. The van der Waals surface area contributed by atoms with E-state index in [0.717, 1.165) is 38.7 Å². The molecule has 0 bridgehead atoms. The van der Waals surface area contributed by atoms with E-state index in [4.69, 9.17) is 0 Å². The van der Waals surface area contributed by atoms with Crippen LogP contribution in [0.5, 0.6) is 0 Å². The molecule has 4 aromatic rings. The summed E-state index contributed by atoms with van der Waals surface area (Å²) in [5.41, 5.74) is 3.37. The van der Waals surface area contributed by atoms with Crippen molar-refractivity contribution in [3.63, 3.8) is 0 Å². The number of fused-ring (bicyclic) bond motifs is 2. The zero-order chi connectivity index (χ0) is 27.6. The maximum Gasteiger partial charge on any atom is 0.319 e. The highest BCUT2D eigenvalue weighted by atomic mass is 32.2. The van der Waals surface area contributed by atoms with Crippen LogP contribution in [0.3, 0.4) is 0 Å². The third kappa shape index (κ3) is 5.68. The maximum absolute atomic E-state index is 13.6. The Morgan fingerprint density at radius 1 is 0.923 bits per heavy atom. The Morgan fingerprint density at radius 3 is 2.38 bits per heavy atom. The van der Waals surface area contributed by atoms with Gasteiger partial charge in [0.15, 0.2) is 0 Å². The second-order valence-electron chi connectivity index (χ2n) is 9.98. The minimum absolute atomic E-state index is 0.278. The van der Waals surface area contributed by atoms with Gasteiger partial charge < -0.3 is 15.5 Å². The number of hydrogen-bond acceptors (Lipinski definition) is 6. The average Bonchev–Trinajstić information content (AvgIpc) is 2.92. The summed E-state index contributed by atoms with van der Waals surface area (Å²) in [5, 5.41) is 8.39. The number of carbonyl (C=O) groups is 1. The Morgan fingerprint density at radius 2 is 1.62 bits per heavy atom. The van der Waals surface area contributed by atoms with Crippen molar-refractivity contribution in [3.8, 4) is 0 Å². The first-order chi connectivity index (χ1) is 18.7. The predicted octanol–water partition coefficient (Wildman–Crippen LogP) is 3.89. The van der Waals surface area contributed by atoms with Crippen LogP contribution in [-0.4, -0.2) is 82.0 Å². The van der Waals surface area contributed by atoms with Gasteiger partial charge in [0.05, 0.1) is 16.1 Å². The molecule has 0 saturated carbocycles. The molecule has 0 spiro atoms. The molecule has 1 saturated heterocycles. The summed E-state index contributed by atoms with van der Waals surface area (Å²) in [5.74, 6) is 0. The molecule has 1 aromatic heterocycles. The van der Waals surface area contributed by atoms with E-state index in [1.54, 1.807) is 10.4 Å². The van der Waals surface area contributed by atoms with E-state index in [0.29, 0.717) is 44.2 Å². The number of sulfonamides is 1. The molecule has 2 heterocycles. The molecule has 5 rings (SSSR count). The van der Waals surface area contributed by atoms with Crippen molar-refractivity contribution in [3.05, 3.63) is 72.4 Å². The van der Waals surface area contributed by atoms with Gasteiger partial charge >= 0.3 is 6.03 Å². The van der Waals surface area contributed by atoms with Crippen molar-refractivity contribution >= 4 is 49.1 Å². The maximum atomic E-state index is 13.6. The van der Waals surface area contributed by atoms with Crippen LogP contribution in [0.1, 0.15) is 5.69 Å². The van der Waals surface area contributed by atoms with Gasteiger partial charge in [0.2, 0.25) is 10.0 Å². The molecule has 204 valence electrons. The Kier molecular flexibility index (Phi) is 7.69. The van der Waals surface area contributed by atoms with Crippen LogP contribution in [0.15, 0.2) is 71.6 Å². The fourth-order valence-electron chi connectivity index (χ4n) is 5.12. The summed E-state index contributed by atoms with van der Waals surface area (Å²) in [7, 11) is 0.267. The van der Waals surface area contributed by atoms with E-state index >= 15 is 0 Å². The van der Waals surface area contributed by atoms with Crippen LogP contribution in [-0.2, 0) is 10.0 Å². The number of hydrogen-bond donors (Lipinski definition) is 2. The third-order valence-corrected chi connectivity index (χ3v) is 9.05. The number of nitrogens with one attached hydrogen (secondary N) is 2. The number of nitrogens with zero attached hydrogens (tertiary/aromatic N) is 4. The SMILES string of the molecule is Cc1cc(NC(=O)NCCN2CCN(S(=O)(=O)c3cccc4c(N(C)C)cccc34)CC2)c2ccccc2n1. The molecule has 9 nitrogen and oxygen atoms in total. The van der Waals surface area contributed by atoms with E-state index in [1.165, 1.54) is 0 Å². The fourth-order valence-corrected chi connectivity index (χ4v) is 6.75. The van der Waals surface area contributed by atoms with Crippen LogP contribution in [0, 0.1) is 6.92 Å². The molecule has 39 heavy (non-hydrogen) atoms. The number of para-hydroxylation sites is 1. The molecule has 0 aliphatic carbocycles. The second-order valence-corrected chi connectivity index (χ2v) is 11.9. The van der Waals surface area contributed by atoms with Crippen molar-refractivity contribution in [2.45, 2.75) is 11.8 Å². The van der Waals surface area contributed by atoms with Crippen molar-refractivity contribution in [1.82, 2.24) is 19.5 Å². The molecule has 1 aliphatic heterocycles. The zero-order valence-corrected chi connectivity index (χ0v) is 23.3. The molecular weight excluding hydrogens is 512 g/mol. The Balaban J connectivity index is 1.17. The average molecular weight is 547 g/mol. The molecular formula is C29H34N6O3S. The molecule has 2 N–H and O–H groups in total. The molecule has 1 aliphatic rings. The number of pyridine rings is 1. The summed E-state index contributed by atoms with van der Waals surface area (Å²) < 4.78 is 28.8. The van der Waals surface area contributed by atoms with Crippen LogP contribution >= 0.6 is 0 Å². The summed E-state index contributed by atoms with van der Waals surface area (Å²) in [6.07, 6.45) is 0. The van der Waals surface area contributed by atoms with Crippen LogP contribution in [0.4, 0.5) is 16.2 Å². The largest absolute Gasteiger partial charge is 0.377 e. The van der Waals surface area contributed by atoms with Gasteiger partial charge in [0, 0.05) is 80.9 Å². The first-order valence-corrected chi connectivity index (χ1v) is 14.5. The topological polar surface area (TPSA) is 97.9 Å². The van der Waals surface area contributed by atoms with E-state index in [9.17, 15) is 13.2 Å². The Bertz CT molecular complexity index is 1610. The van der Waals surface area contributed by atoms with Gasteiger partial charge in [-0.2, -0.15) is 4.31 Å². The summed E-state index contributed by atoms with van der Waals surface area (Å²) in [6.45, 7) is 5.00. The minimum atomic E-state index is -3.64. The lowest BCUT2D eigenvalue weighted by atomic mass is 10.1. The number of amides is 2. The molecule has 3 aromatic carbocycles. The van der Waals surface area contributed by atoms with E-state index in [2.05, 4.69) is 20.5 Å². The lowest BCUT2D eigenvalue weighted by Gasteiger charge is -2.34. The van der Waals surface area contributed by atoms with Crippen molar-refractivity contribution < 1.29 is 13.2 Å². The van der Waals surface area contributed by atoms with Gasteiger partial charge in [-0.15, -0.1) is 0 Å². The quantitative estimate of drug-likeness (QED) is 0.365. The molecule has 2 amide bonds. The zero-order valence-electron chi connectivity index (χ0n) is 22.5. The van der Waals surface area contributed by atoms with E-state index in [-0.39, 0.29) is 6.03 Å². The minimum Gasteiger partial charge on any atom is -0.377 e. The smallest absolute Gasteiger partial charge is 0.319 e. The molecule has 1 fully saturated rings. The van der Waals surface area contributed by atoms with Gasteiger partial charge in [0.25, 0.3) is 0 Å². The first kappa shape index (κ1) is 26.9. The number of anilines is 2. The monoisotopic (exact) mass is 546 g/mol. The van der Waals surface area contributed by atoms with Gasteiger partial charge in [-0.3, -0.25) is 9.88 Å². The second kappa shape index (κ2) is 11.2. The van der Waals surface area contributed by atoms with Crippen LogP contribution in [0.25, 0.3) is 21.7 Å². The predicted molar refractivity (Wildman–Crippen MR) is 157 cm³/mol. The standard InChI is InChI=1S/C29H34N6O3S/c1-21-20-26(24-8-4-5-11-25(24)31-21)32-29(36)30-14-15-34-16-18-35(19-17-34)39(37,38)28-13-7-9-22-23(28)10-6-12-27(22)33(2)3/h4-13,20H,14-19H2,1-3H3,(H2,30,31,32,36).